The van der Waals surface area contributed by atoms with Crippen molar-refractivity contribution in [2.24, 2.45) is 5.92 Å². The SMILES string of the molecule is CC(C)[C@H]1CN(S(=O)(=O)CCS(C)(=O)=O)c2ccccc21. The van der Waals surface area contributed by atoms with Crippen LogP contribution in [0.1, 0.15) is 25.3 Å². The number of sulfonamides is 1. The molecular formula is C14H21NO4S2. The Hall–Kier alpha value is -1.08. The zero-order valence-corrected chi connectivity index (χ0v) is 14.1. The van der Waals surface area contributed by atoms with Crippen molar-refractivity contribution in [3.05, 3.63) is 29.8 Å². The summed E-state index contributed by atoms with van der Waals surface area (Å²) in [5.41, 5.74) is 1.71. The van der Waals surface area contributed by atoms with E-state index in [0.717, 1.165) is 11.8 Å². The lowest BCUT2D eigenvalue weighted by molar-refractivity contribution is 0.522. The van der Waals surface area contributed by atoms with E-state index in [4.69, 9.17) is 0 Å². The van der Waals surface area contributed by atoms with Gasteiger partial charge in [0.05, 0.1) is 17.2 Å². The highest BCUT2D eigenvalue weighted by Crippen LogP contribution is 2.41. The Morgan fingerprint density at radius 2 is 1.76 bits per heavy atom. The maximum absolute atomic E-state index is 12.5. The highest BCUT2D eigenvalue weighted by molar-refractivity contribution is 7.95. The topological polar surface area (TPSA) is 71.5 Å². The van der Waals surface area contributed by atoms with Gasteiger partial charge in [-0.15, -0.1) is 0 Å². The van der Waals surface area contributed by atoms with Crippen LogP contribution >= 0.6 is 0 Å². The molecule has 1 aromatic rings. The Morgan fingerprint density at radius 3 is 2.33 bits per heavy atom. The molecule has 0 N–H and O–H groups in total. The number of sulfone groups is 1. The van der Waals surface area contributed by atoms with Gasteiger partial charge in [-0.05, 0) is 17.5 Å². The van der Waals surface area contributed by atoms with Gasteiger partial charge >= 0.3 is 0 Å². The lowest BCUT2D eigenvalue weighted by atomic mass is 9.90. The monoisotopic (exact) mass is 331 g/mol. The second kappa shape index (κ2) is 5.61. The minimum absolute atomic E-state index is 0.147. The highest BCUT2D eigenvalue weighted by atomic mass is 32.2. The molecule has 0 saturated heterocycles. The molecule has 1 aliphatic rings. The van der Waals surface area contributed by atoms with E-state index in [0.29, 0.717) is 18.2 Å². The number of rotatable bonds is 5. The number of benzene rings is 1. The Bertz CT molecular complexity index is 723. The lowest BCUT2D eigenvalue weighted by Gasteiger charge is -2.20. The van der Waals surface area contributed by atoms with Crippen molar-refractivity contribution in [1.82, 2.24) is 0 Å². The summed E-state index contributed by atoms with van der Waals surface area (Å²) in [6, 6.07) is 7.45. The Kier molecular flexibility index (Phi) is 4.35. The average Bonchev–Trinajstić information content (AvgIpc) is 2.76. The maximum atomic E-state index is 12.5. The van der Waals surface area contributed by atoms with Gasteiger partial charge in [-0.25, -0.2) is 16.8 Å². The van der Waals surface area contributed by atoms with Crippen LogP contribution in [-0.4, -0.2) is 41.1 Å². The molecule has 21 heavy (non-hydrogen) atoms. The van der Waals surface area contributed by atoms with E-state index in [1.54, 1.807) is 12.1 Å². The summed E-state index contributed by atoms with van der Waals surface area (Å²) in [7, 11) is -6.92. The van der Waals surface area contributed by atoms with Crippen LogP contribution in [0.15, 0.2) is 24.3 Å². The van der Waals surface area contributed by atoms with E-state index in [1.165, 1.54) is 4.31 Å². The number of fused-ring (bicyclic) bond motifs is 1. The molecule has 0 bridgehead atoms. The van der Waals surface area contributed by atoms with Gasteiger partial charge in [-0.3, -0.25) is 4.31 Å². The maximum Gasteiger partial charge on any atom is 0.236 e. The van der Waals surface area contributed by atoms with Crippen LogP contribution in [0.5, 0.6) is 0 Å². The Balaban J connectivity index is 2.33. The van der Waals surface area contributed by atoms with E-state index in [-0.39, 0.29) is 17.4 Å². The first-order valence-corrected chi connectivity index (χ1v) is 10.6. The molecule has 0 amide bonds. The third-order valence-corrected chi connectivity index (χ3v) is 6.76. The van der Waals surface area contributed by atoms with Crippen molar-refractivity contribution in [2.75, 3.05) is 28.6 Å². The van der Waals surface area contributed by atoms with Gasteiger partial charge in [0, 0.05) is 18.7 Å². The summed E-state index contributed by atoms with van der Waals surface area (Å²) in [5, 5.41) is 0. The third-order valence-electron chi connectivity index (χ3n) is 3.82. The Labute approximate surface area is 126 Å². The zero-order chi connectivity index (χ0) is 15.8. The fraction of sp³-hybridized carbons (Fsp3) is 0.571. The summed E-state index contributed by atoms with van der Waals surface area (Å²) in [4.78, 5) is 0. The molecule has 5 nitrogen and oxygen atoms in total. The van der Waals surface area contributed by atoms with E-state index < -0.39 is 19.9 Å². The zero-order valence-electron chi connectivity index (χ0n) is 12.5. The molecule has 0 fully saturated rings. The smallest absolute Gasteiger partial charge is 0.236 e. The van der Waals surface area contributed by atoms with E-state index >= 15 is 0 Å². The second-order valence-corrected chi connectivity index (χ2v) is 10.2. The molecule has 2 rings (SSSR count). The average molecular weight is 331 g/mol. The van der Waals surface area contributed by atoms with Crippen molar-refractivity contribution < 1.29 is 16.8 Å². The molecule has 1 heterocycles. The molecule has 0 unspecified atom stereocenters. The van der Waals surface area contributed by atoms with Gasteiger partial charge in [-0.2, -0.15) is 0 Å². The van der Waals surface area contributed by atoms with Crippen LogP contribution in [0.4, 0.5) is 5.69 Å². The molecule has 118 valence electrons. The van der Waals surface area contributed by atoms with Crippen molar-refractivity contribution in [2.45, 2.75) is 19.8 Å². The molecule has 7 heteroatoms. The number of para-hydroxylation sites is 1. The summed E-state index contributed by atoms with van der Waals surface area (Å²) < 4.78 is 48.8. The Morgan fingerprint density at radius 1 is 1.14 bits per heavy atom. The van der Waals surface area contributed by atoms with E-state index in [1.807, 2.05) is 12.1 Å². The van der Waals surface area contributed by atoms with Crippen molar-refractivity contribution in [3.63, 3.8) is 0 Å². The normalized spacial score (nSPS) is 19.0. The largest absolute Gasteiger partial charge is 0.269 e. The molecule has 1 aromatic carbocycles. The van der Waals surface area contributed by atoms with Gasteiger partial charge in [0.2, 0.25) is 10.0 Å². The first-order valence-electron chi connectivity index (χ1n) is 6.89. The second-order valence-electron chi connectivity index (χ2n) is 5.89. The third kappa shape index (κ3) is 3.58. The standard InChI is InChI=1S/C14H21NO4S2/c1-11(2)13-10-15(14-7-5-4-6-12(13)14)21(18,19)9-8-20(3,16)17/h4-7,11,13H,8-10H2,1-3H3/t13-/m1/s1. The van der Waals surface area contributed by atoms with Crippen LogP contribution in [0.2, 0.25) is 0 Å². The molecular weight excluding hydrogens is 310 g/mol. The summed E-state index contributed by atoms with van der Waals surface area (Å²) in [5.74, 6) is -0.249. The number of nitrogens with zero attached hydrogens (tertiary/aromatic N) is 1. The van der Waals surface area contributed by atoms with Crippen molar-refractivity contribution in [3.8, 4) is 0 Å². The fourth-order valence-corrected chi connectivity index (χ4v) is 5.73. The molecule has 0 aliphatic carbocycles. The fourth-order valence-electron chi connectivity index (χ4n) is 2.60. The number of anilines is 1. The molecule has 0 saturated carbocycles. The molecule has 1 atom stereocenters. The first-order chi connectivity index (χ1) is 9.62. The number of hydrogen-bond acceptors (Lipinski definition) is 4. The van der Waals surface area contributed by atoms with Crippen LogP contribution in [0, 0.1) is 5.92 Å². The van der Waals surface area contributed by atoms with Crippen LogP contribution < -0.4 is 4.31 Å². The van der Waals surface area contributed by atoms with Gasteiger partial charge in [-0.1, -0.05) is 32.0 Å². The van der Waals surface area contributed by atoms with Gasteiger partial charge in [0.15, 0.2) is 0 Å². The highest BCUT2D eigenvalue weighted by Gasteiger charge is 2.36. The van der Waals surface area contributed by atoms with Gasteiger partial charge in [0.25, 0.3) is 0 Å². The predicted octanol–water partition coefficient (Wildman–Crippen LogP) is 1.62. The summed E-state index contributed by atoms with van der Waals surface area (Å²) in [6.45, 7) is 4.52. The quantitative estimate of drug-likeness (QED) is 0.822. The molecule has 0 spiro atoms. The molecule has 0 radical (unpaired) electrons. The van der Waals surface area contributed by atoms with Crippen LogP contribution in [0.25, 0.3) is 0 Å². The van der Waals surface area contributed by atoms with E-state index in [2.05, 4.69) is 13.8 Å². The van der Waals surface area contributed by atoms with Gasteiger partial charge < -0.3 is 0 Å². The number of hydrogen-bond donors (Lipinski definition) is 0. The van der Waals surface area contributed by atoms with Crippen molar-refractivity contribution in [1.29, 1.82) is 0 Å². The molecule has 0 aromatic heterocycles. The summed E-state index contributed by atoms with van der Waals surface area (Å²) >= 11 is 0. The first kappa shape index (κ1) is 16.3. The lowest BCUT2D eigenvalue weighted by Crippen LogP contribution is -2.34. The van der Waals surface area contributed by atoms with E-state index in [9.17, 15) is 16.8 Å². The summed E-state index contributed by atoms with van der Waals surface area (Å²) in [6.07, 6.45) is 1.05. The van der Waals surface area contributed by atoms with Crippen LogP contribution in [-0.2, 0) is 19.9 Å². The molecule has 1 aliphatic heterocycles. The minimum atomic E-state index is -3.62. The predicted molar refractivity (Wildman–Crippen MR) is 84.9 cm³/mol. The van der Waals surface area contributed by atoms with Gasteiger partial charge in [0.1, 0.15) is 9.84 Å². The minimum Gasteiger partial charge on any atom is -0.269 e. The van der Waals surface area contributed by atoms with Crippen molar-refractivity contribution >= 4 is 25.5 Å². The van der Waals surface area contributed by atoms with Crippen LogP contribution in [0.3, 0.4) is 0 Å².